The molecule has 0 radical (unpaired) electrons. The Morgan fingerprint density at radius 1 is 1.18 bits per heavy atom. The monoisotopic (exact) mass is 716 g/mol. The number of hydrogen-bond donors (Lipinski definition) is 4. The van der Waals surface area contributed by atoms with Crippen LogP contribution in [0.4, 0.5) is 4.39 Å². The zero-order valence-electron chi connectivity index (χ0n) is 29.7. The minimum Gasteiger partial charge on any atom is -0.491 e. The van der Waals surface area contributed by atoms with Crippen LogP contribution in [0.3, 0.4) is 0 Å². The molecule has 14 heteroatoms. The van der Waals surface area contributed by atoms with Gasteiger partial charge in [-0.3, -0.25) is 14.4 Å². The number of carbonyl (C=O) groups is 3. The molecule has 3 aliphatic rings. The van der Waals surface area contributed by atoms with E-state index in [-0.39, 0.29) is 32.4 Å². The summed E-state index contributed by atoms with van der Waals surface area (Å²) < 4.78 is 26.6. The Bertz CT molecular complexity index is 1490. The zero-order valence-corrected chi connectivity index (χ0v) is 30.5. The summed E-state index contributed by atoms with van der Waals surface area (Å²) in [5.41, 5.74) is 7.69. The lowest BCUT2D eigenvalue weighted by Gasteiger charge is -2.35. The Kier molecular flexibility index (Phi) is 12.5. The molecule has 3 atom stereocenters. The van der Waals surface area contributed by atoms with Gasteiger partial charge in [-0.25, -0.2) is 9.37 Å². The molecule has 2 saturated heterocycles. The van der Waals surface area contributed by atoms with Crippen molar-refractivity contribution in [3.8, 4) is 16.2 Å². The summed E-state index contributed by atoms with van der Waals surface area (Å²) in [7, 11) is 0. The fourth-order valence-electron chi connectivity index (χ4n) is 6.45. The van der Waals surface area contributed by atoms with E-state index in [0.717, 1.165) is 60.6 Å². The number of halogens is 1. The Hall–Kier alpha value is -3.17. The van der Waals surface area contributed by atoms with Crippen molar-refractivity contribution in [2.45, 2.75) is 103 Å². The Labute approximate surface area is 298 Å². The first-order chi connectivity index (χ1) is 23.7. The minimum atomic E-state index is -1.95. The molecule has 0 unspecified atom stereocenters. The van der Waals surface area contributed by atoms with Gasteiger partial charge in [0.2, 0.25) is 11.8 Å². The molecule has 0 spiro atoms. The summed E-state index contributed by atoms with van der Waals surface area (Å²) in [6, 6.07) is 4.08. The number of nitrogens with two attached hydrogens (primary N) is 1. The smallest absolute Gasteiger partial charge is 0.258 e. The first-order valence-electron chi connectivity index (χ1n) is 17.7. The molecule has 1 aromatic heterocycles. The number of aliphatic hydroxyl groups is 1. The van der Waals surface area contributed by atoms with Crippen molar-refractivity contribution in [3.05, 3.63) is 35.0 Å². The van der Waals surface area contributed by atoms with E-state index >= 15 is 0 Å². The standard InChI is InChI=1S/C36H53FN6O6S/c1-23-30(50-22-40-23)24-6-7-25(29(18-24)49-17-16-48-15-5-12-42-13-8-26(38)9-14-42)20-39-32(45)28-19-27(44)21-43(28)33(46)31(35(2,3)4)41-34(47)36(37)10-11-36/h6-7,18,22,26-28,31,44H,5,8-17,19-21,38H2,1-4H3,(H,39,45)(H,41,47)/t27-,28+,31-/m1/s1. The third-order valence-electron chi connectivity index (χ3n) is 9.76. The molecule has 2 aliphatic heterocycles. The second-order valence-electron chi connectivity index (χ2n) is 14.9. The molecular formula is C36H53FN6O6S. The fraction of sp³-hybridized carbons (Fsp3) is 0.667. The predicted octanol–water partition coefficient (Wildman–Crippen LogP) is 2.94. The van der Waals surface area contributed by atoms with E-state index < -0.39 is 47.0 Å². The number of alkyl halides is 1. The number of benzene rings is 1. The van der Waals surface area contributed by atoms with Gasteiger partial charge in [0.15, 0.2) is 5.67 Å². The molecule has 1 aromatic carbocycles. The van der Waals surface area contributed by atoms with Crippen LogP contribution in [0.1, 0.15) is 70.6 Å². The summed E-state index contributed by atoms with van der Waals surface area (Å²) in [5, 5.41) is 16.1. The quantitative estimate of drug-likeness (QED) is 0.204. The normalized spacial score (nSPS) is 21.5. The Morgan fingerprint density at radius 3 is 2.58 bits per heavy atom. The summed E-state index contributed by atoms with van der Waals surface area (Å²) in [6.07, 6.45) is 2.38. The van der Waals surface area contributed by atoms with Crippen molar-refractivity contribution in [1.82, 2.24) is 25.4 Å². The first-order valence-corrected chi connectivity index (χ1v) is 18.6. The lowest BCUT2D eigenvalue weighted by atomic mass is 9.85. The van der Waals surface area contributed by atoms with Gasteiger partial charge in [0.05, 0.1) is 28.8 Å². The highest BCUT2D eigenvalue weighted by molar-refractivity contribution is 7.13. The summed E-state index contributed by atoms with van der Waals surface area (Å²) in [5.74, 6) is -1.19. The van der Waals surface area contributed by atoms with Gasteiger partial charge in [-0.15, -0.1) is 11.3 Å². The van der Waals surface area contributed by atoms with Crippen molar-refractivity contribution in [1.29, 1.82) is 0 Å². The van der Waals surface area contributed by atoms with E-state index in [4.69, 9.17) is 15.2 Å². The van der Waals surface area contributed by atoms with Crippen LogP contribution in [-0.2, 0) is 25.7 Å². The maximum absolute atomic E-state index is 14.5. The lowest BCUT2D eigenvalue weighted by Crippen LogP contribution is -2.59. The van der Waals surface area contributed by atoms with Gasteiger partial charge in [0.25, 0.3) is 5.91 Å². The number of thiazole rings is 1. The average molecular weight is 717 g/mol. The number of aliphatic hydroxyl groups excluding tert-OH is 1. The maximum atomic E-state index is 14.5. The van der Waals surface area contributed by atoms with Crippen LogP contribution >= 0.6 is 11.3 Å². The number of nitrogens with zero attached hydrogens (tertiary/aromatic N) is 3. The molecule has 5 N–H and O–H groups in total. The van der Waals surface area contributed by atoms with Crippen molar-refractivity contribution >= 4 is 29.1 Å². The van der Waals surface area contributed by atoms with Crippen LogP contribution in [0.2, 0.25) is 0 Å². The third-order valence-corrected chi connectivity index (χ3v) is 10.7. The first kappa shape index (κ1) is 38.1. The largest absolute Gasteiger partial charge is 0.491 e. The van der Waals surface area contributed by atoms with Crippen LogP contribution in [0.15, 0.2) is 23.7 Å². The number of aromatic nitrogens is 1. The lowest BCUT2D eigenvalue weighted by molar-refractivity contribution is -0.145. The van der Waals surface area contributed by atoms with Crippen molar-refractivity contribution < 1.29 is 33.4 Å². The summed E-state index contributed by atoms with van der Waals surface area (Å²) in [6.45, 7) is 11.7. The highest BCUT2D eigenvalue weighted by Gasteiger charge is 2.53. The van der Waals surface area contributed by atoms with Gasteiger partial charge in [-0.05, 0) is 69.2 Å². The average Bonchev–Trinajstić information content (AvgIpc) is 3.48. The predicted molar refractivity (Wildman–Crippen MR) is 189 cm³/mol. The number of piperidine rings is 1. The molecule has 1 aliphatic carbocycles. The number of likely N-dealkylation sites (tertiary alicyclic amines) is 2. The van der Waals surface area contributed by atoms with E-state index in [1.54, 1.807) is 26.3 Å². The number of amides is 3. The molecular weight excluding hydrogens is 663 g/mol. The van der Waals surface area contributed by atoms with Gasteiger partial charge >= 0.3 is 0 Å². The van der Waals surface area contributed by atoms with Crippen LogP contribution in [0.5, 0.6) is 5.75 Å². The maximum Gasteiger partial charge on any atom is 0.258 e. The molecule has 276 valence electrons. The number of hydrogen-bond acceptors (Lipinski definition) is 10. The van der Waals surface area contributed by atoms with Gasteiger partial charge in [-0.1, -0.05) is 32.9 Å². The Balaban J connectivity index is 1.19. The number of ether oxygens (including phenoxy) is 2. The zero-order chi connectivity index (χ0) is 36.1. The van der Waals surface area contributed by atoms with Gasteiger partial charge in [-0.2, -0.15) is 0 Å². The van der Waals surface area contributed by atoms with E-state index in [2.05, 4.69) is 20.5 Å². The van der Waals surface area contributed by atoms with Crippen LogP contribution < -0.4 is 21.1 Å². The summed E-state index contributed by atoms with van der Waals surface area (Å²) >= 11 is 1.54. The van der Waals surface area contributed by atoms with Crippen molar-refractivity contribution in [3.63, 3.8) is 0 Å². The Morgan fingerprint density at radius 2 is 1.92 bits per heavy atom. The van der Waals surface area contributed by atoms with Crippen LogP contribution in [0, 0.1) is 12.3 Å². The van der Waals surface area contributed by atoms with Crippen LogP contribution in [0.25, 0.3) is 10.4 Å². The summed E-state index contributed by atoms with van der Waals surface area (Å²) in [4.78, 5) is 49.1. The molecule has 5 rings (SSSR count). The topological polar surface area (TPSA) is 159 Å². The number of aryl methyl sites for hydroxylation is 1. The van der Waals surface area contributed by atoms with E-state index in [0.29, 0.717) is 31.6 Å². The molecule has 1 saturated carbocycles. The van der Waals surface area contributed by atoms with E-state index in [9.17, 15) is 23.9 Å². The number of nitrogens with one attached hydrogen (secondary N) is 2. The highest BCUT2D eigenvalue weighted by Crippen LogP contribution is 2.40. The SMILES string of the molecule is Cc1ncsc1-c1ccc(CNC(=O)[C@@H]2C[C@@H](O)CN2C(=O)[C@@H](NC(=O)C2(F)CC2)C(C)(C)C)c(OCCOCCCN2CCC(N)CC2)c1. The second-order valence-corrected chi connectivity index (χ2v) is 15.8. The fourth-order valence-corrected chi connectivity index (χ4v) is 7.25. The number of rotatable bonds is 15. The molecule has 3 amide bonds. The molecule has 12 nitrogen and oxygen atoms in total. The second kappa shape index (κ2) is 16.4. The van der Waals surface area contributed by atoms with Crippen LogP contribution in [-0.4, -0.2) is 114 Å². The third kappa shape index (κ3) is 9.78. The number of β-amino-alcohol motifs (C(OH)–C–C–N with tert-alkyl or cyclic N) is 1. The molecule has 0 bridgehead atoms. The van der Waals surface area contributed by atoms with Gasteiger partial charge < -0.3 is 40.7 Å². The number of carbonyl (C=O) groups excluding carboxylic acids is 3. The van der Waals surface area contributed by atoms with Crippen molar-refractivity contribution in [2.24, 2.45) is 11.1 Å². The van der Waals surface area contributed by atoms with Gasteiger partial charge in [0, 0.05) is 44.3 Å². The van der Waals surface area contributed by atoms with E-state index in [1.807, 2.05) is 25.1 Å². The molecule has 2 aromatic rings. The highest BCUT2D eigenvalue weighted by atomic mass is 32.1. The minimum absolute atomic E-state index is 0.0466. The molecule has 3 fully saturated rings. The van der Waals surface area contributed by atoms with Gasteiger partial charge in [0.1, 0.15) is 24.4 Å². The molecule has 50 heavy (non-hydrogen) atoms. The van der Waals surface area contributed by atoms with Crippen molar-refractivity contribution in [2.75, 3.05) is 46.0 Å². The van der Waals surface area contributed by atoms with E-state index in [1.165, 1.54) is 16.2 Å². The molecule has 3 heterocycles.